The predicted octanol–water partition coefficient (Wildman–Crippen LogP) is 3.35. The van der Waals surface area contributed by atoms with Crippen LogP contribution in [0.25, 0.3) is 11.1 Å². The summed E-state index contributed by atoms with van der Waals surface area (Å²) in [5.74, 6) is 0.788. The van der Waals surface area contributed by atoms with Gasteiger partial charge >= 0.3 is 0 Å². The molecular formula is C21H26F2N4O. The van der Waals surface area contributed by atoms with Gasteiger partial charge in [0.25, 0.3) is 0 Å². The summed E-state index contributed by atoms with van der Waals surface area (Å²) in [6.07, 6.45) is 3.02. The monoisotopic (exact) mass is 388 g/mol. The molecule has 1 aliphatic heterocycles. The Kier molecular flexibility index (Phi) is 5.10. The third-order valence-electron chi connectivity index (χ3n) is 5.55. The highest BCUT2D eigenvalue weighted by Gasteiger charge is 2.35. The summed E-state index contributed by atoms with van der Waals surface area (Å²) in [6.45, 7) is 1.37. The number of halogens is 2. The molecule has 2 N–H and O–H groups in total. The van der Waals surface area contributed by atoms with Gasteiger partial charge in [0, 0.05) is 29.9 Å². The van der Waals surface area contributed by atoms with Crippen molar-refractivity contribution < 1.29 is 13.5 Å². The van der Waals surface area contributed by atoms with Gasteiger partial charge in [0.05, 0.1) is 30.6 Å². The van der Waals surface area contributed by atoms with Crippen molar-refractivity contribution >= 4 is 11.4 Å². The standard InChI is InChI=1S/C21H26F2N4O/c1-26(2)20-11-27(10-17(20)23)19-8-16(22)15(7-18(19)24)14-5-6-21(25-9-14)28-12-13-3-4-13/h5-9,13,17,20H,3-4,10-12,24H2,1-2H3/t17-,20+/m0/s1. The second kappa shape index (κ2) is 7.54. The van der Waals surface area contributed by atoms with E-state index in [9.17, 15) is 8.78 Å². The Morgan fingerprint density at radius 2 is 2.04 bits per heavy atom. The molecule has 0 spiro atoms. The number of nitrogens with two attached hydrogens (primary N) is 1. The lowest BCUT2D eigenvalue weighted by Crippen LogP contribution is -2.36. The van der Waals surface area contributed by atoms with Crippen molar-refractivity contribution in [2.75, 3.05) is 44.4 Å². The van der Waals surface area contributed by atoms with Crippen molar-refractivity contribution in [2.45, 2.75) is 25.1 Å². The number of aromatic nitrogens is 1. The van der Waals surface area contributed by atoms with E-state index in [1.165, 1.54) is 18.9 Å². The smallest absolute Gasteiger partial charge is 0.213 e. The predicted molar refractivity (Wildman–Crippen MR) is 107 cm³/mol. The molecule has 1 aromatic carbocycles. The van der Waals surface area contributed by atoms with Crippen LogP contribution in [0, 0.1) is 11.7 Å². The van der Waals surface area contributed by atoms with Crippen molar-refractivity contribution in [2.24, 2.45) is 5.92 Å². The highest BCUT2D eigenvalue weighted by molar-refractivity contribution is 5.77. The maximum atomic E-state index is 14.8. The number of alkyl halides is 1. The minimum atomic E-state index is -0.996. The van der Waals surface area contributed by atoms with Crippen LogP contribution in [0.4, 0.5) is 20.2 Å². The Morgan fingerprint density at radius 3 is 2.64 bits per heavy atom. The minimum Gasteiger partial charge on any atom is -0.477 e. The van der Waals surface area contributed by atoms with Crippen LogP contribution in [-0.4, -0.2) is 55.9 Å². The van der Waals surface area contributed by atoms with Gasteiger partial charge in [-0.3, -0.25) is 0 Å². The Balaban J connectivity index is 1.52. The fourth-order valence-electron chi connectivity index (χ4n) is 3.62. The number of rotatable bonds is 6. The molecule has 2 atom stereocenters. The van der Waals surface area contributed by atoms with Gasteiger partial charge in [-0.1, -0.05) is 0 Å². The molecule has 2 heterocycles. The molecule has 4 rings (SSSR count). The third-order valence-corrected chi connectivity index (χ3v) is 5.55. The summed E-state index contributed by atoms with van der Waals surface area (Å²) in [6, 6.07) is 6.30. The van der Waals surface area contributed by atoms with Gasteiger partial charge < -0.3 is 20.3 Å². The van der Waals surface area contributed by atoms with Crippen LogP contribution >= 0.6 is 0 Å². The number of nitrogens with zero attached hydrogens (tertiary/aromatic N) is 3. The Labute approximate surface area is 164 Å². The average Bonchev–Trinajstić information content (AvgIpc) is 3.42. The van der Waals surface area contributed by atoms with E-state index in [1.54, 1.807) is 24.4 Å². The number of hydrogen-bond donors (Lipinski definition) is 1. The maximum absolute atomic E-state index is 14.8. The molecule has 0 amide bonds. The van der Waals surface area contributed by atoms with E-state index in [-0.39, 0.29) is 12.6 Å². The molecule has 0 bridgehead atoms. The zero-order valence-electron chi connectivity index (χ0n) is 16.2. The van der Waals surface area contributed by atoms with Gasteiger partial charge in [-0.2, -0.15) is 0 Å². The molecular weight excluding hydrogens is 362 g/mol. The van der Waals surface area contributed by atoms with Crippen molar-refractivity contribution in [3.63, 3.8) is 0 Å². The van der Waals surface area contributed by atoms with Crippen LogP contribution in [0.3, 0.4) is 0 Å². The molecule has 28 heavy (non-hydrogen) atoms. The number of nitrogen functional groups attached to an aromatic ring is 1. The quantitative estimate of drug-likeness (QED) is 0.769. The maximum Gasteiger partial charge on any atom is 0.213 e. The number of hydrogen-bond acceptors (Lipinski definition) is 5. The fraction of sp³-hybridized carbons (Fsp3) is 0.476. The van der Waals surface area contributed by atoms with Crippen LogP contribution in [0.2, 0.25) is 0 Å². The van der Waals surface area contributed by atoms with Gasteiger partial charge in [0.2, 0.25) is 5.88 Å². The molecule has 2 aromatic rings. The number of likely N-dealkylation sites (N-methyl/N-ethyl adjacent to an activating group) is 1. The number of ether oxygens (including phenoxy) is 1. The molecule has 5 nitrogen and oxygen atoms in total. The normalized spacial score (nSPS) is 22.1. The molecule has 2 fully saturated rings. The Bertz CT molecular complexity index is 839. The summed E-state index contributed by atoms with van der Waals surface area (Å²) in [5.41, 5.74) is 8.17. The van der Waals surface area contributed by atoms with Crippen molar-refractivity contribution in [3.8, 4) is 17.0 Å². The molecule has 1 saturated heterocycles. The van der Waals surface area contributed by atoms with Crippen LogP contribution in [0.5, 0.6) is 5.88 Å². The summed E-state index contributed by atoms with van der Waals surface area (Å²) in [7, 11) is 3.69. The highest BCUT2D eigenvalue weighted by Crippen LogP contribution is 2.35. The minimum absolute atomic E-state index is 0.209. The van der Waals surface area contributed by atoms with Gasteiger partial charge in [0.15, 0.2) is 0 Å². The van der Waals surface area contributed by atoms with Crippen LogP contribution in [-0.2, 0) is 0 Å². The number of benzene rings is 1. The lowest BCUT2D eigenvalue weighted by Gasteiger charge is -2.23. The largest absolute Gasteiger partial charge is 0.477 e. The molecule has 1 saturated carbocycles. The average molecular weight is 388 g/mol. The molecule has 0 unspecified atom stereocenters. The molecule has 1 aromatic heterocycles. The van der Waals surface area contributed by atoms with Crippen LogP contribution < -0.4 is 15.4 Å². The van der Waals surface area contributed by atoms with E-state index >= 15 is 0 Å². The van der Waals surface area contributed by atoms with Gasteiger partial charge in [0.1, 0.15) is 12.0 Å². The second-order valence-corrected chi connectivity index (χ2v) is 7.98. The fourth-order valence-corrected chi connectivity index (χ4v) is 3.62. The Hall–Kier alpha value is -2.41. The van der Waals surface area contributed by atoms with E-state index in [4.69, 9.17) is 10.5 Å². The number of pyridine rings is 1. The van der Waals surface area contributed by atoms with E-state index in [1.807, 2.05) is 23.9 Å². The summed E-state index contributed by atoms with van der Waals surface area (Å²) in [5, 5.41) is 0. The first-order valence-electron chi connectivity index (χ1n) is 9.66. The van der Waals surface area contributed by atoms with E-state index < -0.39 is 12.0 Å². The second-order valence-electron chi connectivity index (χ2n) is 7.98. The van der Waals surface area contributed by atoms with Gasteiger partial charge in [-0.25, -0.2) is 13.8 Å². The van der Waals surface area contributed by atoms with Crippen molar-refractivity contribution in [1.29, 1.82) is 0 Å². The third kappa shape index (κ3) is 3.90. The summed E-state index contributed by atoms with van der Waals surface area (Å²) < 4.78 is 34.7. The first kappa shape index (κ1) is 18.9. The summed E-state index contributed by atoms with van der Waals surface area (Å²) in [4.78, 5) is 7.93. The zero-order valence-corrected chi connectivity index (χ0v) is 16.2. The van der Waals surface area contributed by atoms with Crippen LogP contribution in [0.15, 0.2) is 30.5 Å². The number of anilines is 2. The Morgan fingerprint density at radius 1 is 1.25 bits per heavy atom. The highest BCUT2D eigenvalue weighted by atomic mass is 19.1. The molecule has 0 radical (unpaired) electrons. The molecule has 150 valence electrons. The van der Waals surface area contributed by atoms with Crippen molar-refractivity contribution in [1.82, 2.24) is 9.88 Å². The van der Waals surface area contributed by atoms with Gasteiger partial charge in [-0.05, 0) is 51.1 Å². The van der Waals surface area contributed by atoms with Crippen molar-refractivity contribution in [3.05, 3.63) is 36.3 Å². The van der Waals surface area contributed by atoms with E-state index in [0.717, 1.165) is 0 Å². The molecule has 2 aliphatic rings. The molecule has 7 heteroatoms. The lowest BCUT2D eigenvalue weighted by atomic mass is 10.0. The van der Waals surface area contributed by atoms with E-state index in [0.29, 0.717) is 47.5 Å². The van der Waals surface area contributed by atoms with Gasteiger partial charge in [-0.15, -0.1) is 0 Å². The molecule has 1 aliphatic carbocycles. The van der Waals surface area contributed by atoms with E-state index in [2.05, 4.69) is 4.98 Å². The zero-order chi connectivity index (χ0) is 19.8. The summed E-state index contributed by atoms with van der Waals surface area (Å²) >= 11 is 0. The lowest BCUT2D eigenvalue weighted by molar-refractivity contribution is 0.202. The first-order chi connectivity index (χ1) is 13.4. The SMILES string of the molecule is CN(C)[C@@H]1CN(c2cc(F)c(-c3ccc(OCC4CC4)nc3)cc2N)C[C@@H]1F. The first-order valence-corrected chi connectivity index (χ1v) is 9.66. The topological polar surface area (TPSA) is 54.6 Å². The van der Waals surface area contributed by atoms with Crippen LogP contribution in [0.1, 0.15) is 12.8 Å².